The average Bonchev–Trinajstić information content (AvgIpc) is 3.23. The van der Waals surface area contributed by atoms with Crippen LogP contribution in [0.15, 0.2) is 59.7 Å². The highest BCUT2D eigenvalue weighted by Gasteiger charge is 2.65. The summed E-state index contributed by atoms with van der Waals surface area (Å²) in [6.07, 6.45) is -0.592. The van der Waals surface area contributed by atoms with Crippen LogP contribution in [-0.2, 0) is 14.3 Å². The molecule has 2 aromatic carbocycles. The van der Waals surface area contributed by atoms with Gasteiger partial charge in [0.15, 0.2) is 0 Å². The summed E-state index contributed by atoms with van der Waals surface area (Å²) in [5.41, 5.74) is 1.23. The molecule has 0 unspecified atom stereocenters. The number of hydrogen-bond donors (Lipinski definition) is 0. The number of para-hydroxylation sites is 1. The summed E-state index contributed by atoms with van der Waals surface area (Å²) in [6, 6.07) is 17.0. The fourth-order valence-corrected chi connectivity index (χ4v) is 5.85. The number of nitrogens with zero attached hydrogens (tertiary/aromatic N) is 2. The maximum absolute atomic E-state index is 13.8. The van der Waals surface area contributed by atoms with E-state index < -0.39 is 17.5 Å². The molecule has 0 N–H and O–H groups in total. The molecule has 1 saturated heterocycles. The smallest absolute Gasteiger partial charge is 0.302 e. The van der Waals surface area contributed by atoms with Crippen LogP contribution in [0.4, 0.5) is 5.69 Å². The van der Waals surface area contributed by atoms with Crippen molar-refractivity contribution in [3.8, 4) is 5.75 Å². The third kappa shape index (κ3) is 3.09. The topological polar surface area (TPSA) is 68.2 Å². The first-order valence-corrected chi connectivity index (χ1v) is 10.4. The summed E-state index contributed by atoms with van der Waals surface area (Å²) < 4.78 is 11.0. The molecule has 0 saturated carbocycles. The molecule has 6 nitrogen and oxygen atoms in total. The van der Waals surface area contributed by atoms with Crippen molar-refractivity contribution in [2.45, 2.75) is 25.2 Å². The van der Waals surface area contributed by atoms with Crippen molar-refractivity contribution in [1.29, 1.82) is 0 Å². The Balaban J connectivity index is 1.83. The Bertz CT molecular complexity index is 978. The average molecular weight is 410 g/mol. The Morgan fingerprint density at radius 2 is 1.97 bits per heavy atom. The van der Waals surface area contributed by atoms with Crippen LogP contribution in [-0.4, -0.2) is 36.6 Å². The number of anilines is 1. The molecule has 1 amide bonds. The molecule has 7 heteroatoms. The van der Waals surface area contributed by atoms with Gasteiger partial charge in [-0.2, -0.15) is 10.1 Å². The first kappa shape index (κ1) is 19.5. The maximum atomic E-state index is 13.8. The highest BCUT2D eigenvalue weighted by atomic mass is 32.2. The first-order chi connectivity index (χ1) is 14.0. The molecule has 3 atom stereocenters. The molecule has 29 heavy (non-hydrogen) atoms. The van der Waals surface area contributed by atoms with E-state index in [2.05, 4.69) is 5.10 Å². The second-order valence-electron chi connectivity index (χ2n) is 7.09. The molecule has 2 heterocycles. The summed E-state index contributed by atoms with van der Waals surface area (Å²) in [6.45, 7) is 3.22. The van der Waals surface area contributed by atoms with Gasteiger partial charge in [-0.15, -0.1) is 11.8 Å². The molecule has 4 rings (SSSR count). The number of ether oxygens (including phenoxy) is 2. The molecule has 1 fully saturated rings. The van der Waals surface area contributed by atoms with Crippen molar-refractivity contribution >= 4 is 35.0 Å². The number of benzene rings is 2. The van der Waals surface area contributed by atoms with Gasteiger partial charge in [-0.1, -0.05) is 30.3 Å². The summed E-state index contributed by atoms with van der Waals surface area (Å²) in [5, 5.41) is 5.81. The van der Waals surface area contributed by atoms with Crippen LogP contribution in [0.1, 0.15) is 24.7 Å². The number of carbonyl (C=O) groups is 2. The van der Waals surface area contributed by atoms with Crippen LogP contribution in [0.2, 0.25) is 0 Å². The van der Waals surface area contributed by atoms with Crippen molar-refractivity contribution in [2.24, 2.45) is 10.5 Å². The lowest BCUT2D eigenvalue weighted by Gasteiger charge is -2.34. The van der Waals surface area contributed by atoms with E-state index in [9.17, 15) is 9.59 Å². The van der Waals surface area contributed by atoms with Gasteiger partial charge in [0.25, 0.3) is 5.91 Å². The van der Waals surface area contributed by atoms with Crippen molar-refractivity contribution < 1.29 is 19.1 Å². The molecule has 2 aliphatic rings. The number of thioether (sulfide) groups is 1. The summed E-state index contributed by atoms with van der Waals surface area (Å²) in [5.74, 6) is 0.655. The Labute approximate surface area is 173 Å². The van der Waals surface area contributed by atoms with E-state index in [4.69, 9.17) is 9.47 Å². The zero-order valence-electron chi connectivity index (χ0n) is 16.5. The van der Waals surface area contributed by atoms with Crippen LogP contribution >= 0.6 is 11.8 Å². The largest absolute Gasteiger partial charge is 0.497 e. The fraction of sp³-hybridized carbons (Fsp3) is 0.318. The van der Waals surface area contributed by atoms with E-state index in [1.807, 2.05) is 61.5 Å². The highest BCUT2D eigenvalue weighted by Crippen LogP contribution is 2.58. The second kappa shape index (κ2) is 7.55. The normalized spacial score (nSPS) is 26.0. The van der Waals surface area contributed by atoms with Crippen LogP contribution < -0.4 is 9.75 Å². The molecular formula is C22H22N2O4S. The molecule has 2 aliphatic heterocycles. The number of esters is 1. The molecule has 0 aliphatic carbocycles. The number of amides is 1. The molecule has 0 radical (unpaired) electrons. The minimum absolute atomic E-state index is 0.176. The van der Waals surface area contributed by atoms with Gasteiger partial charge in [0.2, 0.25) is 0 Å². The SMILES string of the molecule is COc1cccc([C@@H]2SC[C@H](OC(C)=O)[C@@]23C(=O)N(c2ccccc2)N=C3C)c1. The van der Waals surface area contributed by atoms with Crippen LogP contribution in [0.5, 0.6) is 5.75 Å². The molecule has 2 aromatic rings. The summed E-state index contributed by atoms with van der Waals surface area (Å²) in [7, 11) is 1.61. The van der Waals surface area contributed by atoms with Gasteiger partial charge in [-0.25, -0.2) is 0 Å². The predicted molar refractivity (Wildman–Crippen MR) is 113 cm³/mol. The lowest BCUT2D eigenvalue weighted by Crippen LogP contribution is -2.50. The molecule has 0 aromatic heterocycles. The number of rotatable bonds is 4. The Hall–Kier alpha value is -2.80. The number of hydrazone groups is 1. The molecule has 1 spiro atoms. The standard InChI is InChI=1S/C22H22N2O4S/c1-14-22(21(26)24(23-14)17-9-5-4-6-10-17)19(28-15(2)25)13-29-20(22)16-8-7-11-18(12-16)27-3/h4-12,19-20H,13H2,1-3H3/t19-,20-,22+/m0/s1. The van der Waals surface area contributed by atoms with Crippen LogP contribution in [0.3, 0.4) is 0 Å². The van der Waals surface area contributed by atoms with E-state index in [0.717, 1.165) is 5.56 Å². The van der Waals surface area contributed by atoms with Crippen molar-refractivity contribution in [2.75, 3.05) is 17.9 Å². The Morgan fingerprint density at radius 3 is 2.66 bits per heavy atom. The molecule has 150 valence electrons. The number of carbonyl (C=O) groups excluding carboxylic acids is 2. The third-order valence-corrected chi connectivity index (χ3v) is 6.91. The lowest BCUT2D eigenvalue weighted by atomic mass is 9.73. The van der Waals surface area contributed by atoms with Gasteiger partial charge in [0, 0.05) is 12.7 Å². The van der Waals surface area contributed by atoms with Gasteiger partial charge in [-0.3, -0.25) is 9.59 Å². The van der Waals surface area contributed by atoms with Gasteiger partial charge >= 0.3 is 5.97 Å². The predicted octanol–water partition coefficient (Wildman–Crippen LogP) is 3.82. The number of methoxy groups -OCH3 is 1. The Morgan fingerprint density at radius 1 is 1.21 bits per heavy atom. The highest BCUT2D eigenvalue weighted by molar-refractivity contribution is 8.00. The zero-order valence-corrected chi connectivity index (χ0v) is 17.3. The van der Waals surface area contributed by atoms with E-state index in [0.29, 0.717) is 22.9 Å². The quantitative estimate of drug-likeness (QED) is 0.717. The maximum Gasteiger partial charge on any atom is 0.302 e. The second-order valence-corrected chi connectivity index (χ2v) is 8.23. The van der Waals surface area contributed by atoms with Crippen LogP contribution in [0.25, 0.3) is 0 Å². The lowest BCUT2D eigenvalue weighted by molar-refractivity contribution is -0.151. The third-order valence-electron chi connectivity index (χ3n) is 5.44. The van der Waals surface area contributed by atoms with E-state index in [1.54, 1.807) is 18.9 Å². The van der Waals surface area contributed by atoms with Crippen molar-refractivity contribution in [3.05, 3.63) is 60.2 Å². The van der Waals surface area contributed by atoms with Gasteiger partial charge in [0.1, 0.15) is 17.3 Å². The van der Waals surface area contributed by atoms with Gasteiger partial charge < -0.3 is 9.47 Å². The molecule has 0 bridgehead atoms. The van der Waals surface area contributed by atoms with Crippen molar-refractivity contribution in [1.82, 2.24) is 0 Å². The van der Waals surface area contributed by atoms with E-state index in [-0.39, 0.29) is 11.2 Å². The van der Waals surface area contributed by atoms with Gasteiger partial charge in [0.05, 0.1) is 23.8 Å². The van der Waals surface area contributed by atoms with Crippen molar-refractivity contribution in [3.63, 3.8) is 0 Å². The zero-order chi connectivity index (χ0) is 20.6. The van der Waals surface area contributed by atoms with E-state index in [1.165, 1.54) is 11.9 Å². The number of hydrogen-bond acceptors (Lipinski definition) is 6. The fourth-order valence-electron chi connectivity index (χ4n) is 4.13. The monoisotopic (exact) mass is 410 g/mol. The molecular weight excluding hydrogens is 388 g/mol. The minimum Gasteiger partial charge on any atom is -0.497 e. The van der Waals surface area contributed by atoms with Gasteiger partial charge in [-0.05, 0) is 36.8 Å². The Kier molecular flexibility index (Phi) is 5.08. The van der Waals surface area contributed by atoms with E-state index >= 15 is 0 Å². The first-order valence-electron chi connectivity index (χ1n) is 9.36. The minimum atomic E-state index is -1.06. The van der Waals surface area contributed by atoms with Crippen LogP contribution in [0, 0.1) is 5.41 Å². The summed E-state index contributed by atoms with van der Waals surface area (Å²) in [4.78, 5) is 25.7. The summed E-state index contributed by atoms with van der Waals surface area (Å²) >= 11 is 1.60.